The van der Waals surface area contributed by atoms with Gasteiger partial charge < -0.3 is 15.4 Å². The lowest BCUT2D eigenvalue weighted by molar-refractivity contribution is -0.119. The highest BCUT2D eigenvalue weighted by Gasteiger charge is 2.34. The summed E-state index contributed by atoms with van der Waals surface area (Å²) >= 11 is 0. The second kappa shape index (κ2) is 9.32. The Morgan fingerprint density at radius 1 is 1.14 bits per heavy atom. The Hall–Kier alpha value is -2.22. The maximum absolute atomic E-state index is 13.1. The van der Waals surface area contributed by atoms with E-state index in [0.29, 0.717) is 18.7 Å². The van der Waals surface area contributed by atoms with Crippen LogP contribution in [0.3, 0.4) is 0 Å². The van der Waals surface area contributed by atoms with E-state index in [4.69, 9.17) is 4.74 Å². The minimum atomic E-state index is -2.61. The number of hydrogen-bond donors (Lipinski definition) is 2. The van der Waals surface area contributed by atoms with Crippen molar-refractivity contribution in [3.63, 3.8) is 0 Å². The second-order valence-corrected chi connectivity index (χ2v) is 8.06. The summed E-state index contributed by atoms with van der Waals surface area (Å²) in [4.78, 5) is 25.4. The molecule has 0 aromatic heterocycles. The summed E-state index contributed by atoms with van der Waals surface area (Å²) < 4.78 is 31.5. The molecule has 8 heteroatoms. The minimum absolute atomic E-state index is 0.109. The number of hydrogen-bond acceptors (Lipinski definition) is 4. The SMILES string of the molecule is CC(C)(C)OC(=O)NCCc1ccc(NC(=O)CN2CCC(F)(F)CC2)cc1. The summed E-state index contributed by atoms with van der Waals surface area (Å²) in [6.45, 7) is 6.42. The van der Waals surface area contributed by atoms with Gasteiger partial charge in [0.05, 0.1) is 6.54 Å². The lowest BCUT2D eigenvalue weighted by Crippen LogP contribution is -2.42. The van der Waals surface area contributed by atoms with Crippen molar-refractivity contribution >= 4 is 17.7 Å². The zero-order valence-corrected chi connectivity index (χ0v) is 16.7. The molecule has 1 fully saturated rings. The van der Waals surface area contributed by atoms with Crippen LogP contribution in [-0.2, 0) is 16.0 Å². The fourth-order valence-electron chi connectivity index (χ4n) is 2.82. The molecule has 2 amide bonds. The molecule has 156 valence electrons. The Labute approximate surface area is 164 Å². The molecule has 6 nitrogen and oxygen atoms in total. The minimum Gasteiger partial charge on any atom is -0.444 e. The molecule has 1 aliphatic rings. The number of halogens is 2. The Balaban J connectivity index is 1.70. The summed E-state index contributed by atoms with van der Waals surface area (Å²) in [6.07, 6.45) is -0.222. The van der Waals surface area contributed by atoms with Crippen LogP contribution in [-0.4, -0.2) is 54.6 Å². The zero-order valence-electron chi connectivity index (χ0n) is 16.7. The molecule has 28 heavy (non-hydrogen) atoms. The summed E-state index contributed by atoms with van der Waals surface area (Å²) in [5, 5.41) is 5.48. The maximum atomic E-state index is 13.1. The average Bonchev–Trinajstić information content (AvgIpc) is 2.57. The van der Waals surface area contributed by atoms with Crippen LogP contribution in [0.2, 0.25) is 0 Å². The van der Waals surface area contributed by atoms with Gasteiger partial charge >= 0.3 is 6.09 Å². The summed E-state index contributed by atoms with van der Waals surface area (Å²) in [5.74, 6) is -2.83. The first-order valence-corrected chi connectivity index (χ1v) is 9.48. The molecule has 1 aromatic carbocycles. The number of alkyl halides is 2. The van der Waals surface area contributed by atoms with E-state index in [2.05, 4.69) is 10.6 Å². The van der Waals surface area contributed by atoms with Crippen LogP contribution in [0.4, 0.5) is 19.3 Å². The van der Waals surface area contributed by atoms with Gasteiger partial charge in [-0.1, -0.05) is 12.1 Å². The molecule has 0 aliphatic carbocycles. The van der Waals surface area contributed by atoms with Gasteiger partial charge in [-0.15, -0.1) is 0 Å². The van der Waals surface area contributed by atoms with Crippen molar-refractivity contribution in [1.29, 1.82) is 0 Å². The van der Waals surface area contributed by atoms with E-state index < -0.39 is 17.6 Å². The lowest BCUT2D eigenvalue weighted by Gasteiger charge is -2.31. The molecular weight excluding hydrogens is 368 g/mol. The number of benzene rings is 1. The third-order valence-corrected chi connectivity index (χ3v) is 4.27. The van der Waals surface area contributed by atoms with Gasteiger partial charge in [-0.05, 0) is 44.9 Å². The maximum Gasteiger partial charge on any atom is 0.407 e. The highest BCUT2D eigenvalue weighted by atomic mass is 19.3. The summed E-state index contributed by atoms with van der Waals surface area (Å²) in [6, 6.07) is 7.30. The first kappa shape index (κ1) is 22.1. The third kappa shape index (κ3) is 8.21. The molecule has 1 aliphatic heterocycles. The molecule has 2 rings (SSSR count). The van der Waals surface area contributed by atoms with Gasteiger partial charge in [0.25, 0.3) is 5.92 Å². The molecule has 0 saturated carbocycles. The standard InChI is InChI=1S/C20H29F2N3O3/c1-19(2,3)28-18(27)23-11-8-15-4-6-16(7-5-15)24-17(26)14-25-12-9-20(21,22)10-13-25/h4-7H,8-14H2,1-3H3,(H,23,27)(H,24,26). The van der Waals surface area contributed by atoms with Crippen molar-refractivity contribution in [3.05, 3.63) is 29.8 Å². The zero-order chi connectivity index (χ0) is 20.8. The van der Waals surface area contributed by atoms with Crippen molar-refractivity contribution in [1.82, 2.24) is 10.2 Å². The van der Waals surface area contributed by atoms with Gasteiger partial charge in [-0.25, -0.2) is 13.6 Å². The van der Waals surface area contributed by atoms with Crippen molar-refractivity contribution in [2.24, 2.45) is 0 Å². The summed E-state index contributed by atoms with van der Waals surface area (Å²) in [5.41, 5.74) is 1.13. The molecule has 0 atom stereocenters. The summed E-state index contributed by atoms with van der Waals surface area (Å²) in [7, 11) is 0. The third-order valence-electron chi connectivity index (χ3n) is 4.27. The Kier molecular flexibility index (Phi) is 7.35. The molecule has 0 bridgehead atoms. The van der Waals surface area contributed by atoms with E-state index in [1.54, 1.807) is 37.8 Å². The number of piperidine rings is 1. The van der Waals surface area contributed by atoms with Crippen LogP contribution >= 0.6 is 0 Å². The van der Waals surface area contributed by atoms with E-state index in [9.17, 15) is 18.4 Å². The molecule has 0 radical (unpaired) electrons. The van der Waals surface area contributed by atoms with Crippen molar-refractivity contribution in [2.75, 3.05) is 31.5 Å². The van der Waals surface area contributed by atoms with Gasteiger partial charge in [0.2, 0.25) is 5.91 Å². The van der Waals surface area contributed by atoms with Gasteiger partial charge in [-0.2, -0.15) is 0 Å². The number of carbonyl (C=O) groups excluding carboxylic acids is 2. The normalized spacial score (nSPS) is 17.0. The number of rotatable bonds is 6. The van der Waals surface area contributed by atoms with Crippen LogP contribution in [0.5, 0.6) is 0 Å². The fourth-order valence-corrected chi connectivity index (χ4v) is 2.82. The van der Waals surface area contributed by atoms with Gasteiger partial charge in [0, 0.05) is 38.2 Å². The van der Waals surface area contributed by atoms with Crippen LogP contribution in [0.15, 0.2) is 24.3 Å². The second-order valence-electron chi connectivity index (χ2n) is 8.06. The smallest absolute Gasteiger partial charge is 0.407 e. The number of carbonyl (C=O) groups is 2. The largest absolute Gasteiger partial charge is 0.444 e. The highest BCUT2D eigenvalue weighted by Crippen LogP contribution is 2.27. The number of nitrogens with one attached hydrogen (secondary N) is 2. The number of amides is 2. The van der Waals surface area contributed by atoms with Crippen LogP contribution < -0.4 is 10.6 Å². The number of nitrogens with zero attached hydrogens (tertiary/aromatic N) is 1. The van der Waals surface area contributed by atoms with E-state index >= 15 is 0 Å². The number of anilines is 1. The van der Waals surface area contributed by atoms with Crippen molar-refractivity contribution < 1.29 is 23.1 Å². The molecule has 1 aromatic rings. The van der Waals surface area contributed by atoms with E-state index in [0.717, 1.165) is 5.56 Å². The predicted octanol–water partition coefficient (Wildman–Crippen LogP) is 3.42. The van der Waals surface area contributed by atoms with Crippen LogP contribution in [0.1, 0.15) is 39.2 Å². The Bertz CT molecular complexity index is 662. The van der Waals surface area contributed by atoms with Gasteiger partial charge in [-0.3, -0.25) is 9.69 Å². The number of alkyl carbamates (subject to hydrolysis) is 1. The van der Waals surface area contributed by atoms with E-state index in [1.165, 1.54) is 0 Å². The Morgan fingerprint density at radius 3 is 2.32 bits per heavy atom. The van der Waals surface area contributed by atoms with Crippen molar-refractivity contribution in [3.8, 4) is 0 Å². The van der Waals surface area contributed by atoms with Gasteiger partial charge in [0.15, 0.2) is 0 Å². The van der Waals surface area contributed by atoms with Crippen molar-refractivity contribution in [2.45, 2.75) is 51.6 Å². The Morgan fingerprint density at radius 2 is 1.75 bits per heavy atom. The number of ether oxygens (including phenoxy) is 1. The first-order valence-electron chi connectivity index (χ1n) is 9.48. The number of likely N-dealkylation sites (tertiary alicyclic amines) is 1. The molecule has 0 spiro atoms. The van der Waals surface area contributed by atoms with E-state index in [1.807, 2.05) is 12.1 Å². The fraction of sp³-hybridized carbons (Fsp3) is 0.600. The monoisotopic (exact) mass is 397 g/mol. The molecule has 1 heterocycles. The highest BCUT2D eigenvalue weighted by molar-refractivity contribution is 5.92. The quantitative estimate of drug-likeness (QED) is 0.772. The van der Waals surface area contributed by atoms with Gasteiger partial charge in [0.1, 0.15) is 5.60 Å². The van der Waals surface area contributed by atoms with E-state index in [-0.39, 0.29) is 38.4 Å². The van der Waals surface area contributed by atoms with Crippen LogP contribution in [0, 0.1) is 0 Å². The molecule has 0 unspecified atom stereocenters. The average molecular weight is 397 g/mol. The molecule has 2 N–H and O–H groups in total. The first-order chi connectivity index (χ1) is 13.0. The molecular formula is C20H29F2N3O3. The van der Waals surface area contributed by atoms with Crippen LogP contribution in [0.25, 0.3) is 0 Å². The lowest BCUT2D eigenvalue weighted by atomic mass is 10.1. The molecule has 1 saturated heterocycles. The predicted molar refractivity (Wildman–Crippen MR) is 104 cm³/mol. The topological polar surface area (TPSA) is 70.7 Å².